The predicted octanol–water partition coefficient (Wildman–Crippen LogP) is 1.32. The van der Waals surface area contributed by atoms with Gasteiger partial charge in [0.15, 0.2) is 0 Å². The first-order valence-corrected chi connectivity index (χ1v) is 10.3. The molecule has 1 aromatic rings. The molecule has 2 rings (SSSR count). The lowest BCUT2D eigenvalue weighted by Crippen LogP contribution is -2.36. The van der Waals surface area contributed by atoms with E-state index in [-0.39, 0.29) is 15.7 Å². The first-order valence-electron chi connectivity index (χ1n) is 8.00. The minimum absolute atomic E-state index is 0.104. The first kappa shape index (κ1) is 19.3. The zero-order valence-electron chi connectivity index (χ0n) is 13.8. The monoisotopic (exact) mass is 376 g/mol. The van der Waals surface area contributed by atoms with Crippen molar-refractivity contribution in [1.29, 1.82) is 0 Å². The summed E-state index contributed by atoms with van der Waals surface area (Å²) >= 11 is 1.14. The Kier molecular flexibility index (Phi) is 7.63. The number of rotatable bonds is 9. The first-order chi connectivity index (χ1) is 11.6. The number of thiophene rings is 1. The molecule has 0 aromatic carbocycles. The summed E-state index contributed by atoms with van der Waals surface area (Å²) < 4.78 is 37.1. The Labute approximate surface area is 147 Å². The molecule has 7 nitrogen and oxygen atoms in total. The van der Waals surface area contributed by atoms with Crippen LogP contribution in [0.1, 0.15) is 28.9 Å². The molecular weight excluding hydrogens is 352 g/mol. The van der Waals surface area contributed by atoms with Gasteiger partial charge in [-0.15, -0.1) is 11.3 Å². The number of nitrogens with one attached hydrogen (secondary N) is 1. The van der Waals surface area contributed by atoms with Gasteiger partial charge in [0.2, 0.25) is 10.0 Å². The number of piperidine rings is 1. The second kappa shape index (κ2) is 9.47. The van der Waals surface area contributed by atoms with Crippen LogP contribution in [0.25, 0.3) is 0 Å². The van der Waals surface area contributed by atoms with Gasteiger partial charge in [0.05, 0.1) is 19.8 Å². The molecule has 24 heavy (non-hydrogen) atoms. The van der Waals surface area contributed by atoms with E-state index in [9.17, 15) is 13.2 Å². The van der Waals surface area contributed by atoms with Gasteiger partial charge in [-0.05, 0) is 24.3 Å². The Morgan fingerprint density at radius 1 is 1.25 bits per heavy atom. The molecule has 1 fully saturated rings. The van der Waals surface area contributed by atoms with Gasteiger partial charge < -0.3 is 14.8 Å². The summed E-state index contributed by atoms with van der Waals surface area (Å²) in [6.07, 6.45) is 2.78. The second-order valence-corrected chi connectivity index (χ2v) is 8.26. The van der Waals surface area contributed by atoms with Gasteiger partial charge in [0.1, 0.15) is 9.77 Å². The van der Waals surface area contributed by atoms with E-state index in [1.807, 2.05) is 0 Å². The van der Waals surface area contributed by atoms with Crippen LogP contribution in [0.3, 0.4) is 0 Å². The Balaban J connectivity index is 1.95. The summed E-state index contributed by atoms with van der Waals surface area (Å²) in [6.45, 7) is 2.68. The molecule has 136 valence electrons. The highest BCUT2D eigenvalue weighted by Gasteiger charge is 2.30. The minimum atomic E-state index is -3.60. The van der Waals surface area contributed by atoms with Crippen molar-refractivity contribution in [3.8, 4) is 0 Å². The molecule has 0 bridgehead atoms. The molecule has 1 N–H and O–H groups in total. The third kappa shape index (κ3) is 5.00. The third-order valence-corrected chi connectivity index (χ3v) is 6.72. The Morgan fingerprint density at radius 3 is 2.71 bits per heavy atom. The average molecular weight is 377 g/mol. The fourth-order valence-corrected chi connectivity index (χ4v) is 5.31. The van der Waals surface area contributed by atoms with Crippen molar-refractivity contribution < 1.29 is 22.7 Å². The van der Waals surface area contributed by atoms with Gasteiger partial charge in [-0.25, -0.2) is 8.42 Å². The van der Waals surface area contributed by atoms with Crippen molar-refractivity contribution in [3.05, 3.63) is 16.3 Å². The molecule has 1 aliphatic rings. The summed E-state index contributed by atoms with van der Waals surface area (Å²) in [5.74, 6) is -0.379. The highest BCUT2D eigenvalue weighted by atomic mass is 32.2. The lowest BCUT2D eigenvalue weighted by molar-refractivity contribution is 0.0693. The number of nitrogens with zero attached hydrogens (tertiary/aromatic N) is 1. The Bertz CT molecular complexity index is 624. The lowest BCUT2D eigenvalue weighted by atomic mass is 10.2. The molecule has 0 radical (unpaired) electrons. The van der Waals surface area contributed by atoms with Gasteiger partial charge >= 0.3 is 0 Å². The summed E-state index contributed by atoms with van der Waals surface area (Å²) in [5, 5.41) is 4.34. The van der Waals surface area contributed by atoms with Gasteiger partial charge in [-0.1, -0.05) is 6.42 Å². The summed E-state index contributed by atoms with van der Waals surface area (Å²) in [5.41, 5.74) is 0. The van der Waals surface area contributed by atoms with Crippen molar-refractivity contribution in [3.63, 3.8) is 0 Å². The Hall–Kier alpha value is -1.00. The van der Waals surface area contributed by atoms with Crippen LogP contribution in [0, 0.1) is 0 Å². The van der Waals surface area contributed by atoms with Crippen LogP contribution in [0.15, 0.2) is 16.3 Å². The van der Waals surface area contributed by atoms with Crippen LogP contribution >= 0.6 is 11.3 Å². The highest BCUT2D eigenvalue weighted by Crippen LogP contribution is 2.27. The van der Waals surface area contributed by atoms with Crippen molar-refractivity contribution >= 4 is 27.3 Å². The summed E-state index contributed by atoms with van der Waals surface area (Å²) in [6, 6.07) is 1.51. The van der Waals surface area contributed by atoms with Crippen LogP contribution in [-0.4, -0.2) is 65.2 Å². The van der Waals surface area contributed by atoms with Crippen molar-refractivity contribution in [2.75, 3.05) is 46.6 Å². The maximum Gasteiger partial charge on any atom is 0.262 e. The number of ether oxygens (including phenoxy) is 2. The van der Waals surface area contributed by atoms with Crippen LogP contribution in [0.5, 0.6) is 0 Å². The van der Waals surface area contributed by atoms with Crippen LogP contribution in [-0.2, 0) is 19.5 Å². The molecule has 1 aliphatic heterocycles. The SMILES string of the molecule is COCCOCCNC(=O)c1sccc1S(=O)(=O)N1CCCCC1. The highest BCUT2D eigenvalue weighted by molar-refractivity contribution is 7.89. The Morgan fingerprint density at radius 2 is 2.00 bits per heavy atom. The zero-order chi connectivity index (χ0) is 17.4. The van der Waals surface area contributed by atoms with E-state index in [1.54, 1.807) is 12.5 Å². The number of hydrogen-bond acceptors (Lipinski definition) is 6. The van der Waals surface area contributed by atoms with Crippen LogP contribution in [0.4, 0.5) is 0 Å². The number of carbonyl (C=O) groups is 1. The molecule has 0 atom stereocenters. The van der Waals surface area contributed by atoms with Crippen molar-refractivity contribution in [1.82, 2.24) is 9.62 Å². The van der Waals surface area contributed by atoms with E-state index >= 15 is 0 Å². The predicted molar refractivity (Wildman–Crippen MR) is 92.0 cm³/mol. The van der Waals surface area contributed by atoms with Crippen LogP contribution < -0.4 is 5.32 Å². The zero-order valence-corrected chi connectivity index (χ0v) is 15.5. The summed E-state index contributed by atoms with van der Waals surface area (Å²) in [7, 11) is -2.01. The molecule has 1 amide bonds. The van der Waals surface area contributed by atoms with E-state index < -0.39 is 10.0 Å². The molecule has 0 unspecified atom stereocenters. The number of amides is 1. The molecule has 2 heterocycles. The smallest absolute Gasteiger partial charge is 0.262 e. The standard InChI is InChI=1S/C15H24N2O5S2/c1-21-10-11-22-9-6-16-15(18)14-13(5-12-23-14)24(19,20)17-7-3-2-4-8-17/h5,12H,2-4,6-11H2,1H3,(H,16,18). The van der Waals surface area contributed by atoms with Gasteiger partial charge in [-0.3, -0.25) is 4.79 Å². The van der Waals surface area contributed by atoms with Crippen molar-refractivity contribution in [2.45, 2.75) is 24.2 Å². The van der Waals surface area contributed by atoms with Gasteiger partial charge in [0, 0.05) is 26.7 Å². The van der Waals surface area contributed by atoms with Gasteiger partial charge in [0.25, 0.3) is 5.91 Å². The van der Waals surface area contributed by atoms with E-state index in [0.29, 0.717) is 39.5 Å². The number of sulfonamides is 1. The molecule has 1 saturated heterocycles. The molecular formula is C15H24N2O5S2. The topological polar surface area (TPSA) is 84.9 Å². The maximum absolute atomic E-state index is 12.7. The van der Waals surface area contributed by atoms with E-state index in [1.165, 1.54) is 10.4 Å². The lowest BCUT2D eigenvalue weighted by Gasteiger charge is -2.25. The number of methoxy groups -OCH3 is 1. The summed E-state index contributed by atoms with van der Waals surface area (Å²) in [4.78, 5) is 12.6. The number of hydrogen-bond donors (Lipinski definition) is 1. The largest absolute Gasteiger partial charge is 0.382 e. The van der Waals surface area contributed by atoms with E-state index in [4.69, 9.17) is 9.47 Å². The molecule has 9 heteroatoms. The third-order valence-electron chi connectivity index (χ3n) is 3.73. The normalized spacial score (nSPS) is 16.2. The maximum atomic E-state index is 12.7. The van der Waals surface area contributed by atoms with E-state index in [0.717, 1.165) is 30.6 Å². The average Bonchev–Trinajstić information content (AvgIpc) is 3.09. The van der Waals surface area contributed by atoms with E-state index in [2.05, 4.69) is 5.32 Å². The molecule has 0 saturated carbocycles. The fraction of sp³-hybridized carbons (Fsp3) is 0.667. The molecule has 0 aliphatic carbocycles. The number of carbonyl (C=O) groups excluding carboxylic acids is 1. The van der Waals surface area contributed by atoms with Crippen molar-refractivity contribution in [2.24, 2.45) is 0 Å². The quantitative estimate of drug-likeness (QED) is 0.657. The fourth-order valence-electron chi connectivity index (χ4n) is 2.47. The molecule has 0 spiro atoms. The van der Waals surface area contributed by atoms with Gasteiger partial charge in [-0.2, -0.15) is 4.31 Å². The minimum Gasteiger partial charge on any atom is -0.382 e. The molecule has 1 aromatic heterocycles. The van der Waals surface area contributed by atoms with Crippen LogP contribution in [0.2, 0.25) is 0 Å². The second-order valence-electron chi connectivity index (χ2n) is 5.44.